The predicted molar refractivity (Wildman–Crippen MR) is 78.1 cm³/mol. The fraction of sp³-hybridized carbons (Fsp3) is 0.667. The molecule has 1 rings (SSSR count). The van der Waals surface area contributed by atoms with E-state index in [2.05, 4.69) is 15.7 Å². The van der Waals surface area contributed by atoms with Crippen molar-refractivity contribution in [2.45, 2.75) is 38.2 Å². The first kappa shape index (κ1) is 18.5. The summed E-state index contributed by atoms with van der Waals surface area (Å²) < 4.78 is 48.6. The van der Waals surface area contributed by atoms with E-state index in [4.69, 9.17) is 0 Å². The lowest BCUT2D eigenvalue weighted by Crippen LogP contribution is -2.35. The predicted octanol–water partition coefficient (Wildman–Crippen LogP) is 2.11. The molecular weight excluding hydrogens is 321 g/mol. The first-order valence-corrected chi connectivity index (χ1v) is 7.82. The monoisotopic (exact) mass is 340 g/mol. The average Bonchev–Trinajstić information content (AvgIpc) is 2.72. The van der Waals surface area contributed by atoms with Gasteiger partial charge in [0.25, 0.3) is 0 Å². The second kappa shape index (κ2) is 7.12. The molecule has 0 bridgehead atoms. The van der Waals surface area contributed by atoms with Crippen molar-refractivity contribution in [3.63, 3.8) is 0 Å². The maximum absolute atomic E-state index is 12.2. The number of urea groups is 1. The van der Waals surface area contributed by atoms with E-state index in [9.17, 15) is 22.2 Å². The minimum atomic E-state index is -4.37. The Balaban J connectivity index is 2.38. The second-order valence-corrected chi connectivity index (χ2v) is 7.91. The Labute approximate surface area is 128 Å². The van der Waals surface area contributed by atoms with Gasteiger partial charge in [-0.1, -0.05) is 0 Å². The van der Waals surface area contributed by atoms with E-state index >= 15 is 0 Å². The zero-order valence-electron chi connectivity index (χ0n) is 12.5. The van der Waals surface area contributed by atoms with Crippen molar-refractivity contribution in [3.05, 3.63) is 12.4 Å². The Hall–Kier alpha value is -1.58. The lowest BCUT2D eigenvalue weighted by atomic mass is 10.3. The number of hydrogen-bond donors (Lipinski definition) is 2. The number of anilines is 1. The van der Waals surface area contributed by atoms with Crippen LogP contribution in [0.5, 0.6) is 0 Å². The third kappa shape index (κ3) is 6.92. The molecule has 0 aliphatic heterocycles. The summed E-state index contributed by atoms with van der Waals surface area (Å²) in [5.41, 5.74) is 0.152. The van der Waals surface area contributed by atoms with Crippen LogP contribution in [-0.2, 0) is 17.3 Å². The van der Waals surface area contributed by atoms with Gasteiger partial charge in [-0.05, 0) is 20.8 Å². The summed E-state index contributed by atoms with van der Waals surface area (Å²) in [4.78, 5) is 11.6. The van der Waals surface area contributed by atoms with Gasteiger partial charge in [-0.25, -0.2) is 4.79 Å². The summed E-state index contributed by atoms with van der Waals surface area (Å²) in [5, 5.41) is 8.35. The van der Waals surface area contributed by atoms with Crippen molar-refractivity contribution in [3.8, 4) is 0 Å². The third-order valence-electron chi connectivity index (χ3n) is 2.49. The Bertz CT molecular complexity index is 537. The zero-order valence-corrected chi connectivity index (χ0v) is 13.3. The Morgan fingerprint density at radius 1 is 1.36 bits per heavy atom. The number of carbonyl (C=O) groups excluding carboxylic acids is 1. The number of halogens is 3. The van der Waals surface area contributed by atoms with Gasteiger partial charge in [0.15, 0.2) is 0 Å². The zero-order chi connectivity index (χ0) is 17.0. The SMILES string of the molecule is CC(C)(C)[S@](=O)CCNC(=O)Nc1cnn(CC(F)(F)F)c1. The van der Waals surface area contributed by atoms with E-state index < -0.39 is 29.6 Å². The van der Waals surface area contributed by atoms with E-state index in [0.717, 1.165) is 12.4 Å². The standard InChI is InChI=1S/C12H19F3N4O2S/c1-11(2,3)22(21)5-4-16-10(20)18-9-6-17-19(7-9)8-12(13,14)15/h6-7H,4-5,8H2,1-3H3,(H2,16,18,20)/t22-/m1/s1. The number of hydrogen-bond acceptors (Lipinski definition) is 3. The Morgan fingerprint density at radius 3 is 2.55 bits per heavy atom. The minimum absolute atomic E-state index is 0.152. The normalized spacial score (nSPS) is 13.7. The third-order valence-corrected chi connectivity index (χ3v) is 4.43. The van der Waals surface area contributed by atoms with Crippen LogP contribution in [0.3, 0.4) is 0 Å². The summed E-state index contributed by atoms with van der Waals surface area (Å²) in [6.07, 6.45) is -2.17. The van der Waals surface area contributed by atoms with Crippen molar-refractivity contribution in [2.24, 2.45) is 0 Å². The fourth-order valence-electron chi connectivity index (χ4n) is 1.44. The summed E-state index contributed by atoms with van der Waals surface area (Å²) in [6, 6.07) is -0.586. The number of aromatic nitrogens is 2. The maximum Gasteiger partial charge on any atom is 0.408 e. The number of nitrogens with one attached hydrogen (secondary N) is 2. The molecule has 0 aliphatic rings. The van der Waals surface area contributed by atoms with Gasteiger partial charge in [0.05, 0.1) is 11.9 Å². The van der Waals surface area contributed by atoms with Crippen molar-refractivity contribution in [1.29, 1.82) is 0 Å². The summed E-state index contributed by atoms with van der Waals surface area (Å²) in [6.45, 7) is 4.47. The van der Waals surface area contributed by atoms with Crippen LogP contribution in [0.25, 0.3) is 0 Å². The summed E-state index contributed by atoms with van der Waals surface area (Å²) in [5.74, 6) is 0.296. The lowest BCUT2D eigenvalue weighted by molar-refractivity contribution is -0.142. The van der Waals surface area contributed by atoms with Crippen LogP contribution in [0.15, 0.2) is 12.4 Å². The van der Waals surface area contributed by atoms with E-state index in [1.165, 1.54) is 0 Å². The highest BCUT2D eigenvalue weighted by atomic mass is 32.2. The Morgan fingerprint density at radius 2 is 2.00 bits per heavy atom. The van der Waals surface area contributed by atoms with Gasteiger partial charge >= 0.3 is 12.2 Å². The molecule has 0 aliphatic carbocycles. The molecule has 1 atom stereocenters. The molecule has 126 valence electrons. The fourth-order valence-corrected chi connectivity index (χ4v) is 2.34. The van der Waals surface area contributed by atoms with Crippen LogP contribution in [0.2, 0.25) is 0 Å². The number of carbonyl (C=O) groups is 1. The van der Waals surface area contributed by atoms with Crippen molar-refractivity contribution in [2.75, 3.05) is 17.6 Å². The molecule has 6 nitrogen and oxygen atoms in total. The quantitative estimate of drug-likeness (QED) is 0.862. The molecule has 1 aromatic heterocycles. The lowest BCUT2D eigenvalue weighted by Gasteiger charge is -2.17. The smallest absolute Gasteiger partial charge is 0.337 e. The number of alkyl halides is 3. The van der Waals surface area contributed by atoms with Crippen LogP contribution in [0.1, 0.15) is 20.8 Å². The molecular formula is C12H19F3N4O2S. The highest BCUT2D eigenvalue weighted by Gasteiger charge is 2.28. The van der Waals surface area contributed by atoms with Gasteiger partial charge in [0, 0.05) is 34.0 Å². The minimum Gasteiger partial charge on any atom is -0.337 e. The molecule has 0 radical (unpaired) electrons. The number of rotatable bonds is 5. The average molecular weight is 340 g/mol. The first-order chi connectivity index (χ1) is 9.97. The van der Waals surface area contributed by atoms with Crippen molar-refractivity contribution < 1.29 is 22.2 Å². The van der Waals surface area contributed by atoms with Crippen LogP contribution >= 0.6 is 0 Å². The van der Waals surface area contributed by atoms with Crippen molar-refractivity contribution >= 4 is 22.5 Å². The van der Waals surface area contributed by atoms with Crippen molar-refractivity contribution in [1.82, 2.24) is 15.1 Å². The first-order valence-electron chi connectivity index (χ1n) is 6.50. The van der Waals surface area contributed by atoms with E-state index in [-0.39, 0.29) is 17.0 Å². The van der Waals surface area contributed by atoms with E-state index in [0.29, 0.717) is 10.4 Å². The molecule has 0 fully saturated rings. The van der Waals surface area contributed by atoms with Gasteiger partial charge in [0.2, 0.25) is 0 Å². The maximum atomic E-state index is 12.2. The van der Waals surface area contributed by atoms with Gasteiger partial charge < -0.3 is 10.6 Å². The molecule has 2 amide bonds. The number of nitrogens with zero attached hydrogens (tertiary/aromatic N) is 2. The highest BCUT2D eigenvalue weighted by Crippen LogP contribution is 2.18. The van der Waals surface area contributed by atoms with Crippen LogP contribution < -0.4 is 10.6 Å². The second-order valence-electron chi connectivity index (χ2n) is 5.58. The molecule has 1 heterocycles. The highest BCUT2D eigenvalue weighted by molar-refractivity contribution is 7.86. The van der Waals surface area contributed by atoms with Crippen LogP contribution in [0.4, 0.5) is 23.7 Å². The van der Waals surface area contributed by atoms with E-state index in [1.807, 2.05) is 20.8 Å². The molecule has 2 N–H and O–H groups in total. The molecule has 0 saturated carbocycles. The van der Waals surface area contributed by atoms with Gasteiger partial charge in [0.1, 0.15) is 6.54 Å². The molecule has 0 spiro atoms. The van der Waals surface area contributed by atoms with Crippen LogP contribution in [0, 0.1) is 0 Å². The van der Waals surface area contributed by atoms with Crippen LogP contribution in [-0.4, -0.2) is 43.2 Å². The number of amides is 2. The Kier molecular flexibility index (Phi) is 5.98. The molecule has 1 aromatic rings. The molecule has 0 unspecified atom stereocenters. The largest absolute Gasteiger partial charge is 0.408 e. The van der Waals surface area contributed by atoms with Gasteiger partial charge in [-0.2, -0.15) is 18.3 Å². The van der Waals surface area contributed by atoms with Gasteiger partial charge in [-0.15, -0.1) is 0 Å². The molecule has 22 heavy (non-hydrogen) atoms. The topological polar surface area (TPSA) is 76.0 Å². The van der Waals surface area contributed by atoms with Gasteiger partial charge in [-0.3, -0.25) is 8.89 Å². The van der Waals surface area contributed by atoms with E-state index in [1.54, 1.807) is 0 Å². The molecule has 10 heteroatoms. The molecule has 0 aromatic carbocycles. The summed E-state index contributed by atoms with van der Waals surface area (Å²) >= 11 is 0. The molecule has 0 saturated heterocycles. The summed E-state index contributed by atoms with van der Waals surface area (Å²) in [7, 11) is -1.09.